The van der Waals surface area contributed by atoms with E-state index in [9.17, 15) is 0 Å². The second kappa shape index (κ2) is 15.9. The van der Waals surface area contributed by atoms with Gasteiger partial charge in [-0.15, -0.1) is 11.6 Å². The molecular weight excluding hydrogens is 449 g/mol. The van der Waals surface area contributed by atoms with Crippen LogP contribution in [0.3, 0.4) is 0 Å². The number of hydrogen-bond donors (Lipinski definition) is 0. The minimum Gasteiger partial charge on any atom is -0.462 e. The summed E-state index contributed by atoms with van der Waals surface area (Å²) < 4.78 is 19.7. The zero-order valence-corrected chi connectivity index (χ0v) is 21.1. The van der Waals surface area contributed by atoms with E-state index in [1.165, 1.54) is 6.33 Å². The average molecular weight is 484 g/mol. The van der Waals surface area contributed by atoms with Gasteiger partial charge in [-0.25, -0.2) is 9.67 Å². The highest BCUT2D eigenvalue weighted by Gasteiger charge is 2.39. The standard InChI is InChI=1S/C20H23Cl2N3O3.2C2H6/c1-16-12-26-20(28-16,13-25-15-23-14-24-25)10-3-6-19(9-11-21)27-18-5-2-4-17(22)7-8-18;2*1-2/h2-4,6-9,14-16H,5,10-13H2,1H3;2*1-2H3/b6-3-,19-9+;;. The van der Waals surface area contributed by atoms with Gasteiger partial charge in [-0.1, -0.05) is 51.4 Å². The summed E-state index contributed by atoms with van der Waals surface area (Å²) in [6, 6.07) is 0. The van der Waals surface area contributed by atoms with Gasteiger partial charge in [0.2, 0.25) is 0 Å². The van der Waals surface area contributed by atoms with Gasteiger partial charge in [-0.2, -0.15) is 5.10 Å². The van der Waals surface area contributed by atoms with E-state index in [-0.39, 0.29) is 6.10 Å². The molecule has 32 heavy (non-hydrogen) atoms. The summed E-state index contributed by atoms with van der Waals surface area (Å²) in [5.74, 6) is 0.999. The molecule has 1 aromatic rings. The van der Waals surface area contributed by atoms with Crippen molar-refractivity contribution in [3.8, 4) is 0 Å². The van der Waals surface area contributed by atoms with E-state index in [2.05, 4.69) is 10.1 Å². The van der Waals surface area contributed by atoms with Crippen LogP contribution in [-0.2, 0) is 20.8 Å². The molecule has 8 heteroatoms. The Morgan fingerprint density at radius 1 is 1.31 bits per heavy atom. The van der Waals surface area contributed by atoms with Crippen molar-refractivity contribution in [2.75, 3.05) is 12.5 Å². The van der Waals surface area contributed by atoms with Gasteiger partial charge in [0.05, 0.1) is 19.3 Å². The third-order valence-corrected chi connectivity index (χ3v) is 4.54. The van der Waals surface area contributed by atoms with Gasteiger partial charge in [0.25, 0.3) is 0 Å². The van der Waals surface area contributed by atoms with Gasteiger partial charge in [-0.3, -0.25) is 0 Å². The summed E-state index contributed by atoms with van der Waals surface area (Å²) in [4.78, 5) is 3.98. The van der Waals surface area contributed by atoms with E-state index in [0.717, 1.165) is 5.76 Å². The Morgan fingerprint density at radius 2 is 2.09 bits per heavy atom. The first-order valence-electron chi connectivity index (χ1n) is 11.1. The number of hydrogen-bond acceptors (Lipinski definition) is 5. The lowest BCUT2D eigenvalue weighted by atomic mass is 10.1. The van der Waals surface area contributed by atoms with Crippen LogP contribution < -0.4 is 0 Å². The predicted octanol–water partition coefficient (Wildman–Crippen LogP) is 6.51. The molecule has 1 aliphatic heterocycles. The van der Waals surface area contributed by atoms with Crippen LogP contribution in [0.5, 0.6) is 0 Å². The number of allylic oxidation sites excluding steroid dienone is 7. The molecule has 6 nitrogen and oxygen atoms in total. The summed E-state index contributed by atoms with van der Waals surface area (Å²) in [6.07, 6.45) is 17.4. The fourth-order valence-electron chi connectivity index (χ4n) is 2.90. The first-order chi connectivity index (χ1) is 15.6. The average Bonchev–Trinajstić information content (AvgIpc) is 3.39. The minimum absolute atomic E-state index is 0.0190. The Morgan fingerprint density at radius 3 is 2.72 bits per heavy atom. The van der Waals surface area contributed by atoms with Crippen LogP contribution in [0.25, 0.3) is 0 Å². The van der Waals surface area contributed by atoms with Gasteiger partial charge < -0.3 is 14.2 Å². The number of nitrogens with zero attached hydrogens (tertiary/aromatic N) is 3. The summed E-state index contributed by atoms with van der Waals surface area (Å²) in [7, 11) is 0. The lowest BCUT2D eigenvalue weighted by molar-refractivity contribution is -0.175. The van der Waals surface area contributed by atoms with Gasteiger partial charge in [0.1, 0.15) is 24.2 Å². The molecule has 0 spiro atoms. The van der Waals surface area contributed by atoms with Crippen LogP contribution in [0, 0.1) is 0 Å². The maximum atomic E-state index is 6.05. The van der Waals surface area contributed by atoms with Crippen molar-refractivity contribution in [1.82, 2.24) is 14.8 Å². The molecule has 2 aliphatic rings. The normalized spacial score (nSPS) is 22.8. The molecule has 0 N–H and O–H groups in total. The third-order valence-electron chi connectivity index (χ3n) is 4.13. The molecule has 3 rings (SSSR count). The van der Waals surface area contributed by atoms with Crippen LogP contribution >= 0.6 is 23.2 Å². The topological polar surface area (TPSA) is 58.4 Å². The van der Waals surface area contributed by atoms with E-state index in [4.69, 9.17) is 37.4 Å². The van der Waals surface area contributed by atoms with Gasteiger partial charge >= 0.3 is 0 Å². The van der Waals surface area contributed by atoms with E-state index >= 15 is 0 Å². The highest BCUT2D eigenvalue weighted by molar-refractivity contribution is 6.31. The van der Waals surface area contributed by atoms with Crippen LogP contribution in [0.1, 0.15) is 47.5 Å². The molecule has 178 valence electrons. The number of ether oxygens (including phenoxy) is 3. The van der Waals surface area contributed by atoms with Crippen molar-refractivity contribution < 1.29 is 14.2 Å². The number of halogens is 2. The van der Waals surface area contributed by atoms with E-state index in [0.29, 0.717) is 42.7 Å². The van der Waals surface area contributed by atoms with Crippen molar-refractivity contribution in [3.05, 3.63) is 71.7 Å². The molecule has 1 saturated heterocycles. The largest absolute Gasteiger partial charge is 0.462 e. The molecule has 2 heterocycles. The first kappa shape index (κ1) is 28.2. The maximum absolute atomic E-state index is 6.05. The summed E-state index contributed by atoms with van der Waals surface area (Å²) in [5.41, 5.74) is 0. The molecule has 1 fully saturated rings. The van der Waals surface area contributed by atoms with E-state index in [1.54, 1.807) is 17.1 Å². The van der Waals surface area contributed by atoms with Gasteiger partial charge in [0, 0.05) is 23.8 Å². The molecule has 1 aromatic heterocycles. The smallest absolute Gasteiger partial charge is 0.192 e. The molecular formula is C24H35Cl2N3O3. The van der Waals surface area contributed by atoms with Crippen LogP contribution in [0.15, 0.2) is 71.7 Å². The zero-order valence-electron chi connectivity index (χ0n) is 19.6. The molecule has 2 unspecified atom stereocenters. The van der Waals surface area contributed by atoms with E-state index in [1.807, 2.05) is 71.1 Å². The monoisotopic (exact) mass is 483 g/mol. The summed E-state index contributed by atoms with van der Waals surface area (Å²) in [6.45, 7) is 11.0. The van der Waals surface area contributed by atoms with Crippen molar-refractivity contribution >= 4 is 23.2 Å². The van der Waals surface area contributed by atoms with Crippen LogP contribution in [0.4, 0.5) is 0 Å². The number of rotatable bonds is 8. The van der Waals surface area contributed by atoms with Crippen molar-refractivity contribution in [2.45, 2.75) is 65.9 Å². The van der Waals surface area contributed by atoms with Crippen molar-refractivity contribution in [1.29, 1.82) is 0 Å². The zero-order chi connectivity index (χ0) is 23.8. The molecule has 0 aromatic carbocycles. The SMILES string of the molecule is CC.CC.CC1COC(C/C=C\C(=C/CCl)OC2=CC=C(Cl)C=CC2)(Cn2cncn2)O1. The Bertz CT molecular complexity index is 801. The molecule has 0 amide bonds. The predicted molar refractivity (Wildman–Crippen MR) is 131 cm³/mol. The highest BCUT2D eigenvalue weighted by Crippen LogP contribution is 2.30. The quantitative estimate of drug-likeness (QED) is 0.239. The van der Waals surface area contributed by atoms with E-state index < -0.39 is 5.79 Å². The van der Waals surface area contributed by atoms with Gasteiger partial charge in [0.15, 0.2) is 5.79 Å². The Kier molecular flexibility index (Phi) is 14.0. The Labute approximate surface area is 202 Å². The lowest BCUT2D eigenvalue weighted by Crippen LogP contribution is -2.35. The summed E-state index contributed by atoms with van der Waals surface area (Å²) in [5, 5.41) is 4.82. The van der Waals surface area contributed by atoms with Crippen molar-refractivity contribution in [2.24, 2.45) is 0 Å². The maximum Gasteiger partial charge on any atom is 0.192 e. The first-order valence-corrected chi connectivity index (χ1v) is 12.0. The Balaban J connectivity index is 0.00000121. The molecule has 0 bridgehead atoms. The highest BCUT2D eigenvalue weighted by atomic mass is 35.5. The fraction of sp³-hybridized carbons (Fsp3) is 0.500. The molecule has 0 saturated carbocycles. The fourth-order valence-corrected chi connectivity index (χ4v) is 3.21. The molecule has 0 radical (unpaired) electrons. The van der Waals surface area contributed by atoms with Gasteiger partial charge in [-0.05, 0) is 37.3 Å². The number of aromatic nitrogens is 3. The van der Waals surface area contributed by atoms with Crippen LogP contribution in [0.2, 0.25) is 0 Å². The third kappa shape index (κ3) is 9.74. The second-order valence-corrected chi connectivity index (χ2v) is 7.25. The van der Waals surface area contributed by atoms with Crippen LogP contribution in [-0.4, -0.2) is 39.1 Å². The second-order valence-electron chi connectivity index (χ2n) is 6.50. The minimum atomic E-state index is -0.781. The summed E-state index contributed by atoms with van der Waals surface area (Å²) >= 11 is 11.9. The Hall–Kier alpha value is -1.86. The molecule has 1 aliphatic carbocycles. The van der Waals surface area contributed by atoms with Crippen molar-refractivity contribution in [3.63, 3.8) is 0 Å². The number of alkyl halides is 1. The lowest BCUT2D eigenvalue weighted by Gasteiger charge is -2.26. The molecule has 2 atom stereocenters.